The minimum absolute atomic E-state index is 0.148. The van der Waals surface area contributed by atoms with Gasteiger partial charge in [-0.1, -0.05) is 11.8 Å². The average molecular weight is 318 g/mol. The molecule has 0 unspecified atom stereocenters. The lowest BCUT2D eigenvalue weighted by Crippen LogP contribution is -2.14. The van der Waals surface area contributed by atoms with Crippen molar-refractivity contribution < 1.29 is 14.3 Å². The number of benzene rings is 1. The summed E-state index contributed by atoms with van der Waals surface area (Å²) in [6.07, 6.45) is 0. The lowest BCUT2D eigenvalue weighted by atomic mass is 10.3. The van der Waals surface area contributed by atoms with E-state index in [1.807, 2.05) is 13.8 Å². The number of aryl methyl sites for hydroxylation is 2. The molecule has 3 rings (SSSR count). The number of nitrogens with one attached hydrogen (secondary N) is 1. The van der Waals surface area contributed by atoms with E-state index in [2.05, 4.69) is 20.5 Å². The van der Waals surface area contributed by atoms with Crippen LogP contribution >= 0.6 is 11.8 Å². The van der Waals surface area contributed by atoms with E-state index < -0.39 is 0 Å². The van der Waals surface area contributed by atoms with Crippen molar-refractivity contribution in [2.45, 2.75) is 19.0 Å². The largest absolute Gasteiger partial charge is 0.454 e. The van der Waals surface area contributed by atoms with Gasteiger partial charge in [0.05, 0.1) is 17.1 Å². The number of carbonyl (C=O) groups is 1. The zero-order valence-electron chi connectivity index (χ0n) is 12.1. The van der Waals surface area contributed by atoms with Crippen molar-refractivity contribution in [1.29, 1.82) is 0 Å². The SMILES string of the molecule is Cc1nnc(SCC(=O)Nc2ccc3c(c2)OCO3)nc1C. The van der Waals surface area contributed by atoms with Crippen molar-refractivity contribution in [2.75, 3.05) is 17.9 Å². The fourth-order valence-electron chi connectivity index (χ4n) is 1.80. The van der Waals surface area contributed by atoms with Gasteiger partial charge in [-0.15, -0.1) is 5.10 Å². The van der Waals surface area contributed by atoms with Gasteiger partial charge in [-0.2, -0.15) is 5.10 Å². The zero-order valence-corrected chi connectivity index (χ0v) is 12.9. The molecule has 1 amide bonds. The van der Waals surface area contributed by atoms with E-state index in [1.165, 1.54) is 11.8 Å². The lowest BCUT2D eigenvalue weighted by Gasteiger charge is -2.06. The first kappa shape index (κ1) is 14.6. The van der Waals surface area contributed by atoms with Crippen LogP contribution in [-0.2, 0) is 4.79 Å². The van der Waals surface area contributed by atoms with Crippen molar-refractivity contribution in [3.8, 4) is 11.5 Å². The molecule has 7 nitrogen and oxygen atoms in total. The van der Waals surface area contributed by atoms with Gasteiger partial charge >= 0.3 is 0 Å². The Bertz CT molecular complexity index is 723. The summed E-state index contributed by atoms with van der Waals surface area (Å²) in [5.41, 5.74) is 2.26. The van der Waals surface area contributed by atoms with E-state index in [1.54, 1.807) is 18.2 Å². The zero-order chi connectivity index (χ0) is 15.5. The summed E-state index contributed by atoms with van der Waals surface area (Å²) < 4.78 is 10.5. The summed E-state index contributed by atoms with van der Waals surface area (Å²) in [7, 11) is 0. The van der Waals surface area contributed by atoms with Crippen LogP contribution in [0.2, 0.25) is 0 Å². The monoisotopic (exact) mass is 318 g/mol. The summed E-state index contributed by atoms with van der Waals surface area (Å²) in [5, 5.41) is 11.2. The smallest absolute Gasteiger partial charge is 0.234 e. The molecule has 0 saturated heterocycles. The fraction of sp³-hybridized carbons (Fsp3) is 0.286. The Labute approximate surface area is 131 Å². The Hall–Kier alpha value is -2.35. The quantitative estimate of drug-likeness (QED) is 0.862. The second kappa shape index (κ2) is 6.18. The number of ether oxygens (including phenoxy) is 2. The van der Waals surface area contributed by atoms with Crippen LogP contribution in [0.25, 0.3) is 0 Å². The molecular formula is C14H14N4O3S. The molecule has 0 fully saturated rings. The van der Waals surface area contributed by atoms with Crippen LogP contribution in [-0.4, -0.2) is 33.6 Å². The number of hydrogen-bond acceptors (Lipinski definition) is 7. The summed E-state index contributed by atoms with van der Waals surface area (Å²) in [5.74, 6) is 1.37. The third kappa shape index (κ3) is 3.28. The van der Waals surface area contributed by atoms with Gasteiger partial charge in [0.1, 0.15) is 0 Å². The minimum Gasteiger partial charge on any atom is -0.454 e. The van der Waals surface area contributed by atoms with E-state index in [4.69, 9.17) is 9.47 Å². The predicted molar refractivity (Wildman–Crippen MR) is 81.2 cm³/mol. The van der Waals surface area contributed by atoms with Crippen LogP contribution in [0.3, 0.4) is 0 Å². The first-order valence-corrected chi connectivity index (χ1v) is 7.60. The topological polar surface area (TPSA) is 86.2 Å². The van der Waals surface area contributed by atoms with E-state index in [0.717, 1.165) is 11.4 Å². The van der Waals surface area contributed by atoms with E-state index in [0.29, 0.717) is 22.3 Å². The maximum absolute atomic E-state index is 12.0. The maximum atomic E-state index is 12.0. The van der Waals surface area contributed by atoms with Gasteiger partial charge in [0.25, 0.3) is 0 Å². The van der Waals surface area contributed by atoms with Gasteiger partial charge in [0.2, 0.25) is 17.9 Å². The fourth-order valence-corrected chi connectivity index (χ4v) is 2.43. The molecule has 8 heteroatoms. The Kier molecular flexibility index (Phi) is 4.10. The van der Waals surface area contributed by atoms with Crippen LogP contribution < -0.4 is 14.8 Å². The Balaban J connectivity index is 1.57. The van der Waals surface area contributed by atoms with Gasteiger partial charge in [0.15, 0.2) is 11.5 Å². The first-order valence-electron chi connectivity index (χ1n) is 6.62. The maximum Gasteiger partial charge on any atom is 0.234 e. The Morgan fingerprint density at radius 3 is 2.86 bits per heavy atom. The Morgan fingerprint density at radius 1 is 1.23 bits per heavy atom. The van der Waals surface area contributed by atoms with Crippen molar-refractivity contribution in [1.82, 2.24) is 15.2 Å². The Morgan fingerprint density at radius 2 is 2.05 bits per heavy atom. The van der Waals surface area contributed by atoms with Crippen molar-refractivity contribution in [3.05, 3.63) is 29.6 Å². The number of anilines is 1. The van der Waals surface area contributed by atoms with Crippen molar-refractivity contribution in [3.63, 3.8) is 0 Å². The lowest BCUT2D eigenvalue weighted by molar-refractivity contribution is -0.113. The van der Waals surface area contributed by atoms with Crippen LogP contribution in [0.4, 0.5) is 5.69 Å². The molecule has 1 N–H and O–H groups in total. The number of hydrogen-bond donors (Lipinski definition) is 1. The molecular weight excluding hydrogens is 304 g/mol. The predicted octanol–water partition coefficient (Wildman–Crippen LogP) is 1.95. The molecule has 0 atom stereocenters. The number of rotatable bonds is 4. The summed E-state index contributed by atoms with van der Waals surface area (Å²) >= 11 is 1.24. The molecule has 0 saturated carbocycles. The first-order chi connectivity index (χ1) is 10.6. The van der Waals surface area contributed by atoms with E-state index in [9.17, 15) is 4.79 Å². The molecule has 1 aliphatic heterocycles. The molecule has 1 aliphatic rings. The number of aromatic nitrogens is 3. The highest BCUT2D eigenvalue weighted by atomic mass is 32.2. The second-order valence-electron chi connectivity index (χ2n) is 4.67. The van der Waals surface area contributed by atoms with E-state index in [-0.39, 0.29) is 18.5 Å². The number of carbonyl (C=O) groups excluding carboxylic acids is 1. The van der Waals surface area contributed by atoms with Gasteiger partial charge < -0.3 is 14.8 Å². The van der Waals surface area contributed by atoms with Crippen LogP contribution in [0.5, 0.6) is 11.5 Å². The van der Waals surface area contributed by atoms with Crippen LogP contribution in [0, 0.1) is 13.8 Å². The minimum atomic E-state index is -0.148. The molecule has 0 spiro atoms. The van der Waals surface area contributed by atoms with Gasteiger partial charge in [0, 0.05) is 11.8 Å². The highest BCUT2D eigenvalue weighted by Gasteiger charge is 2.14. The van der Waals surface area contributed by atoms with Crippen molar-refractivity contribution in [2.24, 2.45) is 0 Å². The molecule has 114 valence electrons. The molecule has 22 heavy (non-hydrogen) atoms. The van der Waals surface area contributed by atoms with E-state index >= 15 is 0 Å². The molecule has 1 aromatic heterocycles. The van der Waals surface area contributed by atoms with Gasteiger partial charge in [-0.25, -0.2) is 4.98 Å². The standard InChI is InChI=1S/C14H14N4O3S/c1-8-9(2)17-18-14(15-8)22-6-13(19)16-10-3-4-11-12(5-10)21-7-20-11/h3-5H,6-7H2,1-2H3,(H,16,19). The summed E-state index contributed by atoms with van der Waals surface area (Å²) in [6, 6.07) is 5.27. The third-order valence-corrected chi connectivity index (χ3v) is 3.90. The molecule has 1 aromatic carbocycles. The second-order valence-corrected chi connectivity index (χ2v) is 5.61. The number of amides is 1. The molecule has 2 aromatic rings. The molecule has 0 radical (unpaired) electrons. The van der Waals surface area contributed by atoms with Gasteiger partial charge in [-0.3, -0.25) is 4.79 Å². The third-order valence-electron chi connectivity index (χ3n) is 3.06. The normalized spacial score (nSPS) is 12.3. The van der Waals surface area contributed by atoms with Crippen molar-refractivity contribution >= 4 is 23.4 Å². The molecule has 0 bridgehead atoms. The molecule has 0 aliphatic carbocycles. The number of thioether (sulfide) groups is 1. The summed E-state index contributed by atoms with van der Waals surface area (Å²) in [4.78, 5) is 16.2. The highest BCUT2D eigenvalue weighted by molar-refractivity contribution is 7.99. The van der Waals surface area contributed by atoms with Crippen LogP contribution in [0.1, 0.15) is 11.4 Å². The van der Waals surface area contributed by atoms with Crippen LogP contribution in [0.15, 0.2) is 23.4 Å². The number of fused-ring (bicyclic) bond motifs is 1. The average Bonchev–Trinajstić information content (AvgIpc) is 2.96. The highest BCUT2D eigenvalue weighted by Crippen LogP contribution is 2.34. The molecule has 2 heterocycles. The van der Waals surface area contributed by atoms with Gasteiger partial charge in [-0.05, 0) is 26.0 Å². The number of nitrogens with zero attached hydrogens (tertiary/aromatic N) is 3. The summed E-state index contributed by atoms with van der Waals surface area (Å²) in [6.45, 7) is 3.91.